The van der Waals surface area contributed by atoms with E-state index >= 15 is 0 Å². The van der Waals surface area contributed by atoms with E-state index in [2.05, 4.69) is 45.4 Å². The summed E-state index contributed by atoms with van der Waals surface area (Å²) in [6, 6.07) is 4.92. The smallest absolute Gasteiger partial charge is 0.251 e. The third kappa shape index (κ3) is 3.15. The number of hydrogen-bond donors (Lipinski definition) is 3. The Hall–Kier alpha value is -1.96. The van der Waals surface area contributed by atoms with Gasteiger partial charge in [0, 0.05) is 34.1 Å². The van der Waals surface area contributed by atoms with Crippen molar-refractivity contribution in [1.82, 2.24) is 10.3 Å². The van der Waals surface area contributed by atoms with Crippen molar-refractivity contribution in [3.63, 3.8) is 0 Å². The van der Waals surface area contributed by atoms with Gasteiger partial charge < -0.3 is 16.4 Å². The number of amides is 1. The number of nitrogens with zero attached hydrogens (tertiary/aromatic N) is 1. The Labute approximate surface area is 154 Å². The molecule has 2 atom stereocenters. The number of hydrogen-bond acceptors (Lipinski definition) is 6. The predicted octanol–water partition coefficient (Wildman–Crippen LogP) is 3.68. The summed E-state index contributed by atoms with van der Waals surface area (Å²) >= 11 is 3.26. The first kappa shape index (κ1) is 16.5. The summed E-state index contributed by atoms with van der Waals surface area (Å²) < 4.78 is 0.905. The van der Waals surface area contributed by atoms with E-state index in [1.807, 2.05) is 0 Å². The number of pyridine rings is 1. The van der Waals surface area contributed by atoms with Crippen LogP contribution < -0.4 is 16.4 Å². The molecule has 0 saturated carbocycles. The van der Waals surface area contributed by atoms with Crippen molar-refractivity contribution in [2.45, 2.75) is 31.8 Å². The summed E-state index contributed by atoms with van der Waals surface area (Å²) in [4.78, 5) is 17.5. The van der Waals surface area contributed by atoms with Crippen LogP contribution in [-0.4, -0.2) is 29.5 Å². The van der Waals surface area contributed by atoms with Crippen LogP contribution in [0.2, 0.25) is 0 Å². The summed E-state index contributed by atoms with van der Waals surface area (Å²) in [6.07, 6.45) is 3.85. The van der Waals surface area contributed by atoms with E-state index in [1.54, 1.807) is 28.9 Å². The molecule has 0 aliphatic carbocycles. The fourth-order valence-corrected chi connectivity index (χ4v) is 5.18. The minimum absolute atomic E-state index is 0.327. The first-order chi connectivity index (χ1) is 12.1. The zero-order valence-electron chi connectivity index (χ0n) is 13.9. The Balaban J connectivity index is 1.79. The van der Waals surface area contributed by atoms with E-state index in [4.69, 9.17) is 5.73 Å². The quantitative estimate of drug-likeness (QED) is 0.653. The summed E-state index contributed by atoms with van der Waals surface area (Å²) in [5.41, 5.74) is 7.22. The molecule has 0 aromatic carbocycles. The molecule has 4 rings (SSSR count). The van der Waals surface area contributed by atoms with Crippen molar-refractivity contribution in [2.24, 2.45) is 5.73 Å². The lowest BCUT2D eigenvalue weighted by Crippen LogP contribution is -2.46. The van der Waals surface area contributed by atoms with Crippen LogP contribution in [0.3, 0.4) is 0 Å². The van der Waals surface area contributed by atoms with Crippen LogP contribution in [0.15, 0.2) is 29.1 Å². The Morgan fingerprint density at radius 2 is 2.36 bits per heavy atom. The van der Waals surface area contributed by atoms with Gasteiger partial charge in [-0.05, 0) is 49.2 Å². The number of nitrogens with two attached hydrogens (primary N) is 1. The number of aromatic nitrogens is 1. The maximum atomic E-state index is 11.8. The van der Waals surface area contributed by atoms with Crippen molar-refractivity contribution >= 4 is 44.5 Å². The Morgan fingerprint density at radius 3 is 3.08 bits per heavy atom. The standard InChI is InChI=1S/C18H20N4OS2/c1-10-14(3-2-5-20-10)22-18-12-7-15(11-4-6-24-9-11)25-16(12)13(8-21-18)17(19)23/h4,6-10,14,20H,2-3,5H2,1H3,(H2,19,23)(H,21,22)/t10-,14+/m1/s1. The van der Waals surface area contributed by atoms with Gasteiger partial charge in [0.1, 0.15) is 5.82 Å². The average Bonchev–Trinajstić information content (AvgIpc) is 3.26. The van der Waals surface area contributed by atoms with Gasteiger partial charge in [0.05, 0.1) is 10.3 Å². The van der Waals surface area contributed by atoms with Crippen LogP contribution >= 0.6 is 22.7 Å². The molecule has 0 bridgehead atoms. The highest BCUT2D eigenvalue weighted by atomic mass is 32.1. The highest BCUT2D eigenvalue weighted by molar-refractivity contribution is 7.23. The van der Waals surface area contributed by atoms with Gasteiger partial charge in [-0.25, -0.2) is 4.98 Å². The summed E-state index contributed by atoms with van der Waals surface area (Å²) in [5, 5.41) is 12.2. The topological polar surface area (TPSA) is 80.0 Å². The molecule has 1 amide bonds. The molecular formula is C18H20N4OS2. The zero-order chi connectivity index (χ0) is 17.4. The molecule has 3 aromatic rings. The molecule has 4 heterocycles. The molecule has 0 spiro atoms. The van der Waals surface area contributed by atoms with Gasteiger partial charge in [-0.15, -0.1) is 11.3 Å². The lowest BCUT2D eigenvalue weighted by atomic mass is 10.00. The second-order valence-electron chi connectivity index (χ2n) is 6.39. The zero-order valence-corrected chi connectivity index (χ0v) is 15.5. The van der Waals surface area contributed by atoms with E-state index in [0.717, 1.165) is 40.2 Å². The van der Waals surface area contributed by atoms with E-state index in [1.165, 1.54) is 5.56 Å². The number of nitrogens with one attached hydrogen (secondary N) is 2. The molecule has 1 fully saturated rings. The molecule has 4 N–H and O–H groups in total. The average molecular weight is 373 g/mol. The van der Waals surface area contributed by atoms with E-state index in [9.17, 15) is 4.79 Å². The van der Waals surface area contributed by atoms with Gasteiger partial charge in [0.2, 0.25) is 0 Å². The van der Waals surface area contributed by atoms with Crippen LogP contribution in [0.1, 0.15) is 30.1 Å². The third-order valence-corrected chi connectivity index (χ3v) is 6.61. The van der Waals surface area contributed by atoms with Crippen molar-refractivity contribution in [3.05, 3.63) is 34.7 Å². The van der Waals surface area contributed by atoms with Crippen LogP contribution in [0.25, 0.3) is 20.5 Å². The molecular weight excluding hydrogens is 352 g/mol. The number of rotatable bonds is 4. The van der Waals surface area contributed by atoms with Crippen LogP contribution in [0.5, 0.6) is 0 Å². The monoisotopic (exact) mass is 372 g/mol. The number of anilines is 1. The second kappa shape index (κ2) is 6.74. The van der Waals surface area contributed by atoms with Crippen molar-refractivity contribution in [3.8, 4) is 10.4 Å². The van der Waals surface area contributed by atoms with Gasteiger partial charge in [-0.2, -0.15) is 11.3 Å². The maximum absolute atomic E-state index is 11.8. The molecule has 1 aliphatic heterocycles. The molecule has 1 aliphatic rings. The van der Waals surface area contributed by atoms with E-state index < -0.39 is 5.91 Å². The van der Waals surface area contributed by atoms with Gasteiger partial charge in [-0.1, -0.05) is 0 Å². The molecule has 25 heavy (non-hydrogen) atoms. The number of piperidine rings is 1. The SMILES string of the molecule is C[C@H]1NCCC[C@@H]1Nc1ncc(C(N)=O)c2sc(-c3ccsc3)cc12. The Bertz CT molecular complexity index is 903. The normalized spacial score (nSPS) is 20.7. The number of primary amides is 1. The highest BCUT2D eigenvalue weighted by Gasteiger charge is 2.23. The first-order valence-corrected chi connectivity index (χ1v) is 10.1. The number of thiophene rings is 2. The minimum Gasteiger partial charge on any atom is -0.366 e. The molecule has 0 radical (unpaired) electrons. The van der Waals surface area contributed by atoms with Crippen molar-refractivity contribution in [2.75, 3.05) is 11.9 Å². The second-order valence-corrected chi connectivity index (χ2v) is 8.22. The van der Waals surface area contributed by atoms with E-state index in [0.29, 0.717) is 17.6 Å². The number of fused-ring (bicyclic) bond motifs is 1. The Kier molecular flexibility index (Phi) is 4.45. The van der Waals surface area contributed by atoms with Gasteiger partial charge >= 0.3 is 0 Å². The predicted molar refractivity (Wildman–Crippen MR) is 106 cm³/mol. The van der Waals surface area contributed by atoms with E-state index in [-0.39, 0.29) is 0 Å². The maximum Gasteiger partial charge on any atom is 0.251 e. The fourth-order valence-electron chi connectivity index (χ4n) is 3.28. The number of carbonyl (C=O) groups excluding carboxylic acids is 1. The minimum atomic E-state index is -0.435. The van der Waals surface area contributed by atoms with Crippen molar-refractivity contribution < 1.29 is 4.79 Å². The first-order valence-electron chi connectivity index (χ1n) is 8.38. The molecule has 1 saturated heterocycles. The molecule has 5 nitrogen and oxygen atoms in total. The Morgan fingerprint density at radius 1 is 1.48 bits per heavy atom. The van der Waals surface area contributed by atoms with Gasteiger partial charge in [-0.3, -0.25) is 4.79 Å². The van der Waals surface area contributed by atoms with Crippen LogP contribution in [0, 0.1) is 0 Å². The fraction of sp³-hybridized carbons (Fsp3) is 0.333. The highest BCUT2D eigenvalue weighted by Crippen LogP contribution is 2.39. The molecule has 7 heteroatoms. The van der Waals surface area contributed by atoms with Gasteiger partial charge in [0.15, 0.2) is 0 Å². The van der Waals surface area contributed by atoms with Crippen LogP contribution in [0.4, 0.5) is 5.82 Å². The number of carbonyl (C=O) groups is 1. The summed E-state index contributed by atoms with van der Waals surface area (Å²) in [5.74, 6) is 0.397. The van der Waals surface area contributed by atoms with Crippen LogP contribution in [-0.2, 0) is 0 Å². The third-order valence-electron chi connectivity index (χ3n) is 4.71. The molecule has 3 aromatic heterocycles. The molecule has 0 unspecified atom stereocenters. The summed E-state index contributed by atoms with van der Waals surface area (Å²) in [6.45, 7) is 3.25. The van der Waals surface area contributed by atoms with Gasteiger partial charge in [0.25, 0.3) is 5.91 Å². The lowest BCUT2D eigenvalue weighted by molar-refractivity contribution is 0.100. The lowest BCUT2D eigenvalue weighted by Gasteiger charge is -2.31. The summed E-state index contributed by atoms with van der Waals surface area (Å²) in [7, 11) is 0. The largest absolute Gasteiger partial charge is 0.366 e. The van der Waals surface area contributed by atoms with Crippen molar-refractivity contribution in [1.29, 1.82) is 0 Å². The molecule has 130 valence electrons.